The Balaban J connectivity index is 2.16. The number of nitrogens with one attached hydrogen (secondary N) is 1. The van der Waals surface area contributed by atoms with Crippen molar-refractivity contribution in [2.75, 3.05) is 26.3 Å². The lowest BCUT2D eigenvalue weighted by Crippen LogP contribution is -2.52. The van der Waals surface area contributed by atoms with Crippen LogP contribution in [-0.4, -0.2) is 51.6 Å². The van der Waals surface area contributed by atoms with E-state index < -0.39 is 16.1 Å². The molecule has 6 nitrogen and oxygen atoms in total. The predicted octanol–water partition coefficient (Wildman–Crippen LogP) is 1.86. The van der Waals surface area contributed by atoms with Gasteiger partial charge in [-0.2, -0.15) is 4.72 Å². The normalized spacial score (nSPS) is 17.2. The van der Waals surface area contributed by atoms with Gasteiger partial charge in [-0.3, -0.25) is 4.79 Å². The van der Waals surface area contributed by atoms with Crippen molar-refractivity contribution in [2.24, 2.45) is 5.92 Å². The molecule has 8 heteroatoms. The van der Waals surface area contributed by atoms with Gasteiger partial charge in [0.05, 0.1) is 13.2 Å². The van der Waals surface area contributed by atoms with E-state index in [0.29, 0.717) is 32.7 Å². The van der Waals surface area contributed by atoms with E-state index in [1.54, 1.807) is 11.0 Å². The Morgan fingerprint density at radius 1 is 1.33 bits per heavy atom. The first-order valence-electron chi connectivity index (χ1n) is 8.31. The topological polar surface area (TPSA) is 75.7 Å². The van der Waals surface area contributed by atoms with E-state index in [2.05, 4.69) is 4.72 Å². The Morgan fingerprint density at radius 3 is 2.54 bits per heavy atom. The van der Waals surface area contributed by atoms with Crippen LogP contribution < -0.4 is 4.72 Å². The summed E-state index contributed by atoms with van der Waals surface area (Å²) in [6, 6.07) is 2.69. The molecule has 0 aliphatic carbocycles. The summed E-state index contributed by atoms with van der Waals surface area (Å²) in [5.41, 5.74) is 0. The molecule has 1 atom stereocenters. The van der Waals surface area contributed by atoms with Gasteiger partial charge < -0.3 is 9.64 Å². The smallest absolute Gasteiger partial charge is 0.250 e. The van der Waals surface area contributed by atoms with Crippen LogP contribution in [0.5, 0.6) is 0 Å². The van der Waals surface area contributed by atoms with Gasteiger partial charge in [0, 0.05) is 18.0 Å². The Bertz CT molecular complexity index is 649. The van der Waals surface area contributed by atoms with E-state index in [-0.39, 0.29) is 16.0 Å². The number of sulfonamides is 1. The number of carbonyl (C=O) groups is 1. The molecule has 1 fully saturated rings. The van der Waals surface area contributed by atoms with Crippen LogP contribution in [0.15, 0.2) is 16.3 Å². The molecule has 0 aromatic carbocycles. The van der Waals surface area contributed by atoms with Crippen molar-refractivity contribution in [3.63, 3.8) is 0 Å². The third kappa shape index (κ3) is 5.02. The maximum atomic E-state index is 12.8. The molecule has 136 valence electrons. The van der Waals surface area contributed by atoms with Crippen LogP contribution in [0.25, 0.3) is 0 Å². The lowest BCUT2D eigenvalue weighted by atomic mass is 10.0. The van der Waals surface area contributed by atoms with Gasteiger partial charge in [-0.1, -0.05) is 20.8 Å². The minimum absolute atomic E-state index is 0.164. The first kappa shape index (κ1) is 19.4. The minimum atomic E-state index is -3.69. The SMILES string of the molecule is CCc1ccc(S(=O)(=O)N[C@@H](CC(C)C)C(=O)N2CCOCC2)s1. The lowest BCUT2D eigenvalue weighted by Gasteiger charge is -2.31. The maximum Gasteiger partial charge on any atom is 0.250 e. The summed E-state index contributed by atoms with van der Waals surface area (Å²) < 4.78 is 33.4. The summed E-state index contributed by atoms with van der Waals surface area (Å²) in [5, 5.41) is 0. The summed E-state index contributed by atoms with van der Waals surface area (Å²) in [5.74, 6) is 0.0417. The summed E-state index contributed by atoms with van der Waals surface area (Å²) in [4.78, 5) is 15.4. The average Bonchev–Trinajstić information content (AvgIpc) is 3.04. The van der Waals surface area contributed by atoms with Gasteiger partial charge in [0.15, 0.2) is 0 Å². The van der Waals surface area contributed by atoms with Crippen molar-refractivity contribution >= 4 is 27.3 Å². The molecule has 0 radical (unpaired) electrons. The molecule has 2 rings (SSSR count). The quantitative estimate of drug-likeness (QED) is 0.790. The zero-order valence-electron chi connectivity index (χ0n) is 14.4. The second-order valence-corrected chi connectivity index (χ2v) is 9.42. The third-order valence-corrected chi connectivity index (χ3v) is 7.07. The van der Waals surface area contributed by atoms with Crippen LogP contribution >= 0.6 is 11.3 Å². The highest BCUT2D eigenvalue weighted by Crippen LogP contribution is 2.23. The zero-order valence-corrected chi connectivity index (χ0v) is 16.1. The van der Waals surface area contributed by atoms with E-state index >= 15 is 0 Å². The number of nitrogens with zero attached hydrogens (tertiary/aromatic N) is 1. The van der Waals surface area contributed by atoms with Crippen LogP contribution in [0, 0.1) is 5.92 Å². The van der Waals surface area contributed by atoms with Crippen LogP contribution in [0.2, 0.25) is 0 Å². The molecule has 1 aliphatic heterocycles. The molecule has 1 N–H and O–H groups in total. The molecule has 24 heavy (non-hydrogen) atoms. The molecule has 1 aromatic rings. The fraction of sp³-hybridized carbons (Fsp3) is 0.688. The van der Waals surface area contributed by atoms with Crippen LogP contribution in [0.3, 0.4) is 0 Å². The van der Waals surface area contributed by atoms with Crippen molar-refractivity contribution in [3.05, 3.63) is 17.0 Å². The fourth-order valence-corrected chi connectivity index (χ4v) is 5.13. The van der Waals surface area contributed by atoms with Gasteiger partial charge in [-0.05, 0) is 30.9 Å². The number of hydrogen-bond acceptors (Lipinski definition) is 5. The number of thiophene rings is 1. The highest BCUT2D eigenvalue weighted by molar-refractivity contribution is 7.91. The van der Waals surface area contributed by atoms with Gasteiger partial charge in [-0.15, -0.1) is 11.3 Å². The van der Waals surface area contributed by atoms with E-state index in [9.17, 15) is 13.2 Å². The van der Waals surface area contributed by atoms with E-state index in [1.165, 1.54) is 11.3 Å². The second kappa shape index (κ2) is 8.42. The second-order valence-electron chi connectivity index (χ2n) is 6.32. The van der Waals surface area contributed by atoms with Crippen LogP contribution in [0.4, 0.5) is 0 Å². The highest BCUT2D eigenvalue weighted by atomic mass is 32.2. The number of morpholine rings is 1. The summed E-state index contributed by atoms with van der Waals surface area (Å²) in [6.45, 7) is 7.96. The number of ether oxygens (including phenoxy) is 1. The van der Waals surface area contributed by atoms with Gasteiger partial charge in [0.25, 0.3) is 10.0 Å². The van der Waals surface area contributed by atoms with Crippen molar-refractivity contribution in [1.29, 1.82) is 0 Å². The summed E-state index contributed by atoms with van der Waals surface area (Å²) in [6.07, 6.45) is 1.27. The molecular weight excluding hydrogens is 348 g/mol. The first-order chi connectivity index (χ1) is 11.3. The van der Waals surface area contributed by atoms with E-state index in [1.807, 2.05) is 26.8 Å². The van der Waals surface area contributed by atoms with Gasteiger partial charge >= 0.3 is 0 Å². The lowest BCUT2D eigenvalue weighted by molar-refractivity contribution is -0.137. The van der Waals surface area contributed by atoms with Crippen LogP contribution in [0.1, 0.15) is 32.1 Å². The number of rotatable bonds is 7. The van der Waals surface area contributed by atoms with Crippen molar-refractivity contribution < 1.29 is 17.9 Å². The van der Waals surface area contributed by atoms with E-state index in [0.717, 1.165) is 11.3 Å². The number of hydrogen-bond donors (Lipinski definition) is 1. The Morgan fingerprint density at radius 2 is 2.00 bits per heavy atom. The fourth-order valence-electron chi connectivity index (χ4n) is 2.61. The largest absolute Gasteiger partial charge is 0.378 e. The molecule has 2 heterocycles. The van der Waals surface area contributed by atoms with Gasteiger partial charge in [0.2, 0.25) is 5.91 Å². The van der Waals surface area contributed by atoms with Gasteiger partial charge in [0.1, 0.15) is 10.3 Å². The van der Waals surface area contributed by atoms with Crippen molar-refractivity contribution in [3.8, 4) is 0 Å². The summed E-state index contributed by atoms with van der Waals surface area (Å²) >= 11 is 1.25. The first-order valence-corrected chi connectivity index (χ1v) is 10.6. The summed E-state index contributed by atoms with van der Waals surface area (Å²) in [7, 11) is -3.69. The monoisotopic (exact) mass is 374 g/mol. The third-order valence-electron chi connectivity index (χ3n) is 3.88. The molecule has 1 amide bonds. The molecule has 0 saturated carbocycles. The number of carbonyl (C=O) groups excluding carboxylic acids is 1. The number of aryl methyl sites for hydroxylation is 1. The Labute approximate surface area is 148 Å². The van der Waals surface area contributed by atoms with Crippen LogP contribution in [-0.2, 0) is 26.0 Å². The van der Waals surface area contributed by atoms with Crippen molar-refractivity contribution in [1.82, 2.24) is 9.62 Å². The molecular formula is C16H26N2O4S2. The minimum Gasteiger partial charge on any atom is -0.378 e. The standard InChI is InChI=1S/C16H26N2O4S2/c1-4-13-5-6-15(23-13)24(20,21)17-14(11-12(2)3)16(19)18-7-9-22-10-8-18/h5-6,12,14,17H,4,7-11H2,1-3H3/t14-/m0/s1. The highest BCUT2D eigenvalue weighted by Gasteiger charge is 2.31. The maximum absolute atomic E-state index is 12.8. The Kier molecular flexibility index (Phi) is 6.79. The molecule has 1 saturated heterocycles. The molecule has 0 bridgehead atoms. The zero-order chi connectivity index (χ0) is 17.7. The number of amides is 1. The molecule has 1 aliphatic rings. The Hall–Kier alpha value is -0.960. The molecule has 0 spiro atoms. The van der Waals surface area contributed by atoms with E-state index in [4.69, 9.17) is 4.74 Å². The van der Waals surface area contributed by atoms with Crippen molar-refractivity contribution in [2.45, 2.75) is 43.9 Å². The molecule has 1 aromatic heterocycles. The van der Waals surface area contributed by atoms with Gasteiger partial charge in [-0.25, -0.2) is 8.42 Å². The average molecular weight is 375 g/mol. The molecule has 0 unspecified atom stereocenters. The predicted molar refractivity (Wildman–Crippen MR) is 94.7 cm³/mol.